The van der Waals surface area contributed by atoms with Crippen molar-refractivity contribution in [3.8, 4) is 0 Å². The minimum Gasteiger partial charge on any atom is -0.468 e. The number of esters is 1. The summed E-state index contributed by atoms with van der Waals surface area (Å²) in [6, 6.07) is 4.28. The van der Waals surface area contributed by atoms with Crippen LogP contribution < -0.4 is 0 Å². The second kappa shape index (κ2) is 4.91. The number of benzene rings is 1. The van der Waals surface area contributed by atoms with E-state index in [-0.39, 0.29) is 10.6 Å². The second-order valence-corrected chi connectivity index (χ2v) is 5.08. The van der Waals surface area contributed by atoms with Crippen molar-refractivity contribution in [1.82, 2.24) is 0 Å². The normalized spacial score (nSPS) is 10.9. The van der Waals surface area contributed by atoms with Crippen LogP contribution in [0.4, 0.5) is 5.69 Å². The number of methoxy groups -OCH3 is 1. The van der Waals surface area contributed by atoms with Crippen LogP contribution >= 0.6 is 0 Å². The molecule has 1 rings (SSSR count). The molecule has 92 valence electrons. The molecule has 0 unspecified atom stereocenters. The minimum atomic E-state index is -3.81. The summed E-state index contributed by atoms with van der Waals surface area (Å²) in [6.07, 6.45) is 0. The Bertz CT molecular complexity index is 533. The van der Waals surface area contributed by atoms with Gasteiger partial charge in [0, 0.05) is 12.1 Å². The summed E-state index contributed by atoms with van der Waals surface area (Å²) in [5, 5.41) is 10.4. The Morgan fingerprint density at radius 2 is 1.88 bits per heavy atom. The van der Waals surface area contributed by atoms with Gasteiger partial charge in [0.2, 0.25) is 0 Å². The Hall–Kier alpha value is -1.96. The maximum Gasteiger partial charge on any atom is 0.321 e. The predicted octanol–water partition coefficient (Wildman–Crippen LogP) is 0.541. The van der Waals surface area contributed by atoms with E-state index in [0.29, 0.717) is 0 Å². The van der Waals surface area contributed by atoms with Gasteiger partial charge >= 0.3 is 5.97 Å². The number of sulfone groups is 1. The Labute approximate surface area is 97.1 Å². The lowest BCUT2D eigenvalue weighted by Gasteiger charge is -2.02. The molecule has 0 N–H and O–H groups in total. The molecule has 0 radical (unpaired) electrons. The number of nitrogens with zero attached hydrogens (tertiary/aromatic N) is 1. The van der Waals surface area contributed by atoms with Gasteiger partial charge in [-0.3, -0.25) is 14.9 Å². The van der Waals surface area contributed by atoms with E-state index in [1.807, 2.05) is 0 Å². The monoisotopic (exact) mass is 259 g/mol. The highest BCUT2D eigenvalue weighted by molar-refractivity contribution is 7.92. The average Bonchev–Trinajstić information content (AvgIpc) is 2.28. The van der Waals surface area contributed by atoms with Crippen molar-refractivity contribution in [2.75, 3.05) is 12.9 Å². The maximum absolute atomic E-state index is 11.6. The van der Waals surface area contributed by atoms with E-state index in [1.165, 1.54) is 0 Å². The summed E-state index contributed by atoms with van der Waals surface area (Å²) in [5.74, 6) is -1.68. The quantitative estimate of drug-likeness (QED) is 0.444. The highest BCUT2D eigenvalue weighted by atomic mass is 32.2. The topological polar surface area (TPSA) is 104 Å². The van der Waals surface area contributed by atoms with Crippen molar-refractivity contribution in [3.05, 3.63) is 34.4 Å². The van der Waals surface area contributed by atoms with Crippen LogP contribution in [0, 0.1) is 10.1 Å². The van der Waals surface area contributed by atoms with Gasteiger partial charge in [-0.1, -0.05) is 0 Å². The van der Waals surface area contributed by atoms with E-state index in [9.17, 15) is 23.3 Å². The molecular weight excluding hydrogens is 250 g/mol. The lowest BCUT2D eigenvalue weighted by Crippen LogP contribution is -2.17. The Kier molecular flexibility index (Phi) is 3.79. The second-order valence-electron chi connectivity index (χ2n) is 3.09. The molecule has 0 aliphatic heterocycles. The highest BCUT2D eigenvalue weighted by Crippen LogP contribution is 2.16. The SMILES string of the molecule is COC(=O)CS(=O)(=O)c1ccc([N+](=O)[O-])cc1. The summed E-state index contributed by atoms with van der Waals surface area (Å²) < 4.78 is 27.5. The Morgan fingerprint density at radius 3 is 2.29 bits per heavy atom. The number of non-ortho nitro benzene ring substituents is 1. The van der Waals surface area contributed by atoms with Gasteiger partial charge in [0.25, 0.3) is 5.69 Å². The first kappa shape index (κ1) is 13.1. The van der Waals surface area contributed by atoms with Crippen LogP contribution in [0.1, 0.15) is 0 Å². The molecule has 7 nitrogen and oxygen atoms in total. The van der Waals surface area contributed by atoms with Crippen molar-refractivity contribution in [2.45, 2.75) is 4.90 Å². The van der Waals surface area contributed by atoms with Crippen molar-refractivity contribution in [2.24, 2.45) is 0 Å². The molecule has 17 heavy (non-hydrogen) atoms. The molecule has 0 amide bonds. The van der Waals surface area contributed by atoms with Gasteiger partial charge < -0.3 is 4.74 Å². The zero-order valence-corrected chi connectivity index (χ0v) is 9.64. The van der Waals surface area contributed by atoms with E-state index < -0.39 is 26.5 Å². The molecule has 1 aromatic rings. The molecule has 0 fully saturated rings. The lowest BCUT2D eigenvalue weighted by molar-refractivity contribution is -0.384. The highest BCUT2D eigenvalue weighted by Gasteiger charge is 2.20. The fraction of sp³-hybridized carbons (Fsp3) is 0.222. The van der Waals surface area contributed by atoms with E-state index in [4.69, 9.17) is 0 Å². The molecule has 0 aliphatic carbocycles. The number of carbonyl (C=O) groups is 1. The summed E-state index contributed by atoms with van der Waals surface area (Å²) in [4.78, 5) is 20.4. The average molecular weight is 259 g/mol. The number of ether oxygens (including phenoxy) is 1. The van der Waals surface area contributed by atoms with E-state index in [0.717, 1.165) is 31.4 Å². The zero-order chi connectivity index (χ0) is 13.1. The summed E-state index contributed by atoms with van der Waals surface area (Å²) in [7, 11) is -2.73. The van der Waals surface area contributed by atoms with Crippen molar-refractivity contribution < 1.29 is 22.9 Å². The van der Waals surface area contributed by atoms with Crippen LogP contribution in [0.5, 0.6) is 0 Å². The van der Waals surface area contributed by atoms with Crippen molar-refractivity contribution >= 4 is 21.5 Å². The van der Waals surface area contributed by atoms with E-state index >= 15 is 0 Å². The van der Waals surface area contributed by atoms with Crippen molar-refractivity contribution in [3.63, 3.8) is 0 Å². The third kappa shape index (κ3) is 3.25. The number of hydrogen-bond donors (Lipinski definition) is 0. The third-order valence-corrected chi connectivity index (χ3v) is 3.55. The molecule has 0 atom stereocenters. The van der Waals surface area contributed by atoms with Gasteiger partial charge in [0.05, 0.1) is 16.9 Å². The standard InChI is InChI=1S/C9H9NO6S/c1-16-9(11)6-17(14,15)8-4-2-7(3-5-8)10(12)13/h2-5H,6H2,1H3. The van der Waals surface area contributed by atoms with Gasteiger partial charge in [-0.2, -0.15) is 0 Å². The van der Waals surface area contributed by atoms with Crippen LogP contribution in [0.3, 0.4) is 0 Å². The molecule has 0 saturated heterocycles. The Morgan fingerprint density at radius 1 is 1.35 bits per heavy atom. The Balaban J connectivity index is 3.00. The largest absolute Gasteiger partial charge is 0.468 e. The summed E-state index contributed by atoms with van der Waals surface area (Å²) in [5.41, 5.74) is -0.220. The van der Waals surface area contributed by atoms with E-state index in [1.54, 1.807) is 0 Å². The molecular formula is C9H9NO6S. The predicted molar refractivity (Wildman–Crippen MR) is 57.2 cm³/mol. The maximum atomic E-state index is 11.6. The van der Waals surface area contributed by atoms with Gasteiger partial charge in [-0.05, 0) is 12.1 Å². The van der Waals surface area contributed by atoms with Crippen LogP contribution in [0.25, 0.3) is 0 Å². The van der Waals surface area contributed by atoms with Gasteiger partial charge in [0.1, 0.15) is 0 Å². The number of nitro groups is 1. The number of hydrogen-bond acceptors (Lipinski definition) is 6. The molecule has 0 bridgehead atoms. The molecule has 8 heteroatoms. The molecule has 0 saturated carbocycles. The fourth-order valence-corrected chi connectivity index (χ4v) is 2.22. The molecule has 0 heterocycles. The van der Waals surface area contributed by atoms with Gasteiger partial charge in [-0.25, -0.2) is 8.42 Å². The van der Waals surface area contributed by atoms with Crippen LogP contribution in [0.2, 0.25) is 0 Å². The number of carbonyl (C=O) groups excluding carboxylic acids is 1. The van der Waals surface area contributed by atoms with Crippen LogP contribution in [-0.4, -0.2) is 32.2 Å². The van der Waals surface area contributed by atoms with Crippen LogP contribution in [-0.2, 0) is 19.4 Å². The molecule has 0 aromatic heterocycles. The summed E-state index contributed by atoms with van der Waals surface area (Å²) in [6.45, 7) is 0. The van der Waals surface area contributed by atoms with Crippen LogP contribution in [0.15, 0.2) is 29.2 Å². The number of nitro benzene ring substituents is 1. The first-order valence-electron chi connectivity index (χ1n) is 4.41. The molecule has 0 aliphatic rings. The summed E-state index contributed by atoms with van der Waals surface area (Å²) >= 11 is 0. The van der Waals surface area contributed by atoms with Crippen molar-refractivity contribution in [1.29, 1.82) is 0 Å². The lowest BCUT2D eigenvalue weighted by atomic mass is 10.3. The number of rotatable bonds is 4. The molecule has 0 spiro atoms. The third-order valence-electron chi connectivity index (χ3n) is 1.94. The van der Waals surface area contributed by atoms with E-state index in [2.05, 4.69) is 4.74 Å². The fourth-order valence-electron chi connectivity index (χ4n) is 1.07. The smallest absolute Gasteiger partial charge is 0.321 e. The first-order valence-corrected chi connectivity index (χ1v) is 6.06. The minimum absolute atomic E-state index is 0.159. The van der Waals surface area contributed by atoms with Gasteiger partial charge in [-0.15, -0.1) is 0 Å². The van der Waals surface area contributed by atoms with Gasteiger partial charge in [0.15, 0.2) is 15.6 Å². The molecule has 1 aromatic carbocycles. The first-order chi connectivity index (χ1) is 7.86. The zero-order valence-electron chi connectivity index (χ0n) is 8.82.